The van der Waals surface area contributed by atoms with Crippen molar-refractivity contribution in [3.05, 3.63) is 51.5 Å². The molecular weight excluding hydrogens is 260 g/mol. The molecule has 0 spiro atoms. The Bertz CT molecular complexity index is 697. The third-order valence-corrected chi connectivity index (χ3v) is 4.39. The Morgan fingerprint density at radius 2 is 1.43 bits per heavy atom. The molecule has 2 aromatic rings. The zero-order chi connectivity index (χ0) is 15.6. The second kappa shape index (κ2) is 5.92. The van der Waals surface area contributed by atoms with Crippen LogP contribution in [-0.2, 0) is 6.54 Å². The third kappa shape index (κ3) is 2.73. The monoisotopic (exact) mass is 280 g/mol. The van der Waals surface area contributed by atoms with E-state index in [1.165, 1.54) is 39.6 Å². The van der Waals surface area contributed by atoms with Gasteiger partial charge in [0, 0.05) is 18.9 Å². The van der Waals surface area contributed by atoms with E-state index in [-0.39, 0.29) is 0 Å². The highest BCUT2D eigenvalue weighted by Crippen LogP contribution is 2.26. The van der Waals surface area contributed by atoms with E-state index in [0.29, 0.717) is 18.1 Å². The SMILES string of the molecule is Cc1c(C)c(C)c(CNc2nccnc2C#N)c(C)c1C. The van der Waals surface area contributed by atoms with E-state index in [2.05, 4.69) is 56.0 Å². The van der Waals surface area contributed by atoms with Crippen LogP contribution < -0.4 is 5.32 Å². The Morgan fingerprint density at radius 1 is 0.905 bits per heavy atom. The van der Waals surface area contributed by atoms with E-state index in [0.717, 1.165) is 0 Å². The van der Waals surface area contributed by atoms with Crippen molar-refractivity contribution < 1.29 is 0 Å². The Labute approximate surface area is 125 Å². The van der Waals surface area contributed by atoms with E-state index < -0.39 is 0 Å². The van der Waals surface area contributed by atoms with E-state index in [1.807, 2.05) is 0 Å². The summed E-state index contributed by atoms with van der Waals surface area (Å²) in [6.45, 7) is 11.4. The van der Waals surface area contributed by atoms with Gasteiger partial charge in [0.05, 0.1) is 0 Å². The summed E-state index contributed by atoms with van der Waals surface area (Å²) in [5.74, 6) is 0.537. The summed E-state index contributed by atoms with van der Waals surface area (Å²) in [5.41, 5.74) is 8.20. The van der Waals surface area contributed by atoms with Gasteiger partial charge in [-0.3, -0.25) is 0 Å². The molecule has 0 atom stereocenters. The minimum absolute atomic E-state index is 0.327. The second-order valence-electron chi connectivity index (χ2n) is 5.32. The molecule has 4 nitrogen and oxygen atoms in total. The fraction of sp³-hybridized carbons (Fsp3) is 0.353. The molecule has 0 saturated heterocycles. The average molecular weight is 280 g/mol. The first-order valence-corrected chi connectivity index (χ1v) is 6.98. The van der Waals surface area contributed by atoms with Gasteiger partial charge in [-0.25, -0.2) is 9.97 Å². The van der Waals surface area contributed by atoms with Gasteiger partial charge >= 0.3 is 0 Å². The van der Waals surface area contributed by atoms with E-state index in [9.17, 15) is 0 Å². The highest BCUT2D eigenvalue weighted by molar-refractivity contribution is 5.52. The zero-order valence-corrected chi connectivity index (χ0v) is 13.2. The van der Waals surface area contributed by atoms with Crippen LogP contribution in [0.3, 0.4) is 0 Å². The number of nitrogens with zero attached hydrogens (tertiary/aromatic N) is 3. The molecule has 21 heavy (non-hydrogen) atoms. The first-order valence-electron chi connectivity index (χ1n) is 6.98. The van der Waals surface area contributed by atoms with Gasteiger partial charge in [-0.1, -0.05) is 0 Å². The third-order valence-electron chi connectivity index (χ3n) is 4.39. The van der Waals surface area contributed by atoms with Gasteiger partial charge < -0.3 is 5.32 Å². The minimum atomic E-state index is 0.327. The van der Waals surface area contributed by atoms with E-state index >= 15 is 0 Å². The van der Waals surface area contributed by atoms with Gasteiger partial charge in [0.2, 0.25) is 0 Å². The van der Waals surface area contributed by atoms with Crippen molar-refractivity contribution in [2.45, 2.75) is 41.2 Å². The van der Waals surface area contributed by atoms with E-state index in [1.54, 1.807) is 6.20 Å². The fourth-order valence-electron chi connectivity index (χ4n) is 2.56. The maximum Gasteiger partial charge on any atom is 0.182 e. The number of aromatic nitrogens is 2. The molecule has 0 aliphatic carbocycles. The first-order chi connectivity index (χ1) is 9.97. The van der Waals surface area contributed by atoms with Crippen LogP contribution in [0.2, 0.25) is 0 Å². The molecule has 0 bridgehead atoms. The van der Waals surface area contributed by atoms with Crippen LogP contribution in [0, 0.1) is 45.9 Å². The Balaban J connectivity index is 2.36. The van der Waals surface area contributed by atoms with Crippen molar-refractivity contribution >= 4 is 5.82 Å². The molecule has 0 aliphatic heterocycles. The van der Waals surface area contributed by atoms with Gasteiger partial charge in [-0.15, -0.1) is 0 Å². The van der Waals surface area contributed by atoms with Crippen molar-refractivity contribution in [3.8, 4) is 6.07 Å². The highest BCUT2D eigenvalue weighted by Gasteiger charge is 2.13. The zero-order valence-electron chi connectivity index (χ0n) is 13.2. The lowest BCUT2D eigenvalue weighted by molar-refractivity contribution is 1.02. The van der Waals surface area contributed by atoms with Crippen LogP contribution in [0.5, 0.6) is 0 Å². The topological polar surface area (TPSA) is 61.6 Å². The number of nitriles is 1. The standard InChI is InChI=1S/C17H20N4/c1-10-11(2)13(4)15(14(5)12(10)3)9-21-17-16(8-18)19-6-7-20-17/h6-7H,9H2,1-5H3,(H,20,21). The van der Waals surface area contributed by atoms with Crippen molar-refractivity contribution in [2.75, 3.05) is 5.32 Å². The van der Waals surface area contributed by atoms with E-state index in [4.69, 9.17) is 5.26 Å². The van der Waals surface area contributed by atoms with Crippen LogP contribution >= 0.6 is 0 Å². The van der Waals surface area contributed by atoms with Crippen LogP contribution in [0.25, 0.3) is 0 Å². The van der Waals surface area contributed by atoms with Crippen molar-refractivity contribution in [2.24, 2.45) is 0 Å². The summed E-state index contributed by atoms with van der Waals surface area (Å²) in [7, 11) is 0. The first kappa shape index (κ1) is 15.0. The van der Waals surface area contributed by atoms with Crippen molar-refractivity contribution in [1.29, 1.82) is 5.26 Å². The molecule has 2 rings (SSSR count). The summed E-state index contributed by atoms with van der Waals surface area (Å²) >= 11 is 0. The predicted molar refractivity (Wildman–Crippen MR) is 84.2 cm³/mol. The molecular formula is C17H20N4. The smallest absolute Gasteiger partial charge is 0.182 e. The number of nitrogens with one attached hydrogen (secondary N) is 1. The largest absolute Gasteiger partial charge is 0.364 e. The molecule has 0 radical (unpaired) electrons. The molecule has 0 saturated carbocycles. The quantitative estimate of drug-likeness (QED) is 0.934. The maximum atomic E-state index is 9.06. The predicted octanol–water partition coefficient (Wildman–Crippen LogP) is 3.50. The average Bonchev–Trinajstić information content (AvgIpc) is 2.51. The van der Waals surface area contributed by atoms with Crippen molar-refractivity contribution in [3.63, 3.8) is 0 Å². The number of rotatable bonds is 3. The molecule has 1 aromatic heterocycles. The van der Waals surface area contributed by atoms with Crippen LogP contribution in [0.15, 0.2) is 12.4 Å². The molecule has 0 fully saturated rings. The highest BCUT2D eigenvalue weighted by atomic mass is 15.0. The second-order valence-corrected chi connectivity index (χ2v) is 5.32. The summed E-state index contributed by atoms with van der Waals surface area (Å²) in [5, 5.41) is 12.3. The molecule has 4 heteroatoms. The summed E-state index contributed by atoms with van der Waals surface area (Å²) in [6.07, 6.45) is 3.12. The minimum Gasteiger partial charge on any atom is -0.364 e. The number of hydrogen-bond acceptors (Lipinski definition) is 4. The van der Waals surface area contributed by atoms with Gasteiger partial charge in [0.15, 0.2) is 11.5 Å². The molecule has 1 heterocycles. The summed E-state index contributed by atoms with van der Waals surface area (Å²) < 4.78 is 0. The summed E-state index contributed by atoms with van der Waals surface area (Å²) in [6, 6.07) is 2.06. The normalized spacial score (nSPS) is 10.3. The molecule has 1 N–H and O–H groups in total. The molecule has 0 unspecified atom stereocenters. The number of benzene rings is 1. The summed E-state index contributed by atoms with van der Waals surface area (Å²) in [4.78, 5) is 8.21. The molecule has 1 aromatic carbocycles. The Kier molecular flexibility index (Phi) is 4.23. The lowest BCUT2D eigenvalue weighted by Crippen LogP contribution is -2.10. The molecule has 0 amide bonds. The van der Waals surface area contributed by atoms with Gasteiger partial charge in [0.1, 0.15) is 6.07 Å². The van der Waals surface area contributed by atoms with Crippen LogP contribution in [0.1, 0.15) is 39.1 Å². The van der Waals surface area contributed by atoms with Gasteiger partial charge in [0.25, 0.3) is 0 Å². The maximum absolute atomic E-state index is 9.06. The molecule has 0 aliphatic rings. The lowest BCUT2D eigenvalue weighted by atomic mass is 9.89. The molecule has 108 valence electrons. The Hall–Kier alpha value is -2.41. The number of hydrogen-bond donors (Lipinski definition) is 1. The Morgan fingerprint density at radius 3 is 2.00 bits per heavy atom. The number of anilines is 1. The van der Waals surface area contributed by atoms with Crippen LogP contribution in [0.4, 0.5) is 5.82 Å². The van der Waals surface area contributed by atoms with Crippen LogP contribution in [-0.4, -0.2) is 9.97 Å². The lowest BCUT2D eigenvalue weighted by Gasteiger charge is -2.19. The van der Waals surface area contributed by atoms with Gasteiger partial charge in [-0.2, -0.15) is 5.26 Å². The van der Waals surface area contributed by atoms with Gasteiger partial charge in [-0.05, 0) is 68.0 Å². The fourth-order valence-corrected chi connectivity index (χ4v) is 2.56. The van der Waals surface area contributed by atoms with Crippen molar-refractivity contribution in [1.82, 2.24) is 9.97 Å².